The first-order valence-corrected chi connectivity index (χ1v) is 7.01. The summed E-state index contributed by atoms with van der Waals surface area (Å²) in [6.07, 6.45) is 3.64. The molecule has 2 rings (SSSR count). The van der Waals surface area contributed by atoms with Gasteiger partial charge in [0.25, 0.3) is 0 Å². The Morgan fingerprint density at radius 2 is 1.95 bits per heavy atom. The Morgan fingerprint density at radius 1 is 1.32 bits per heavy atom. The molecule has 0 saturated heterocycles. The molecule has 19 heavy (non-hydrogen) atoms. The van der Waals surface area contributed by atoms with Crippen molar-refractivity contribution < 1.29 is 12.0 Å². The van der Waals surface area contributed by atoms with E-state index in [-0.39, 0.29) is 0 Å². The van der Waals surface area contributed by atoms with Crippen molar-refractivity contribution >= 4 is 0 Å². The van der Waals surface area contributed by atoms with Gasteiger partial charge in [-0.25, -0.2) is 0 Å². The zero-order valence-corrected chi connectivity index (χ0v) is 11.8. The van der Waals surface area contributed by atoms with Crippen LogP contribution in [0.5, 0.6) is 0 Å². The smallest absolute Gasteiger partial charge is 0.0728 e. The van der Waals surface area contributed by atoms with Gasteiger partial charge >= 0.3 is 0 Å². The Bertz CT molecular complexity index is 549. The van der Waals surface area contributed by atoms with Gasteiger partial charge in [0.2, 0.25) is 0 Å². The highest BCUT2D eigenvalue weighted by molar-refractivity contribution is 5.27. The number of benzene rings is 1. The third-order valence-corrected chi connectivity index (χ3v) is 3.99. The van der Waals surface area contributed by atoms with Gasteiger partial charge in [-0.2, -0.15) is 0 Å². The van der Waals surface area contributed by atoms with E-state index < -0.39 is 25.0 Å². The Labute approximate surface area is 124 Å². The summed E-state index contributed by atoms with van der Waals surface area (Å²) in [4.78, 5) is 0.775. The summed E-state index contributed by atoms with van der Waals surface area (Å²) in [5.41, 5.74) is 0.445. The maximum absolute atomic E-state index is 11.3. The molecule has 0 unspecified atom stereocenters. The molecule has 0 aromatic heterocycles. The molecule has 1 aliphatic rings. The monoisotopic (exact) mass is 266 g/mol. The van der Waals surface area contributed by atoms with E-state index in [2.05, 4.69) is 0 Å². The first-order chi connectivity index (χ1) is 11.0. The highest BCUT2D eigenvalue weighted by Gasteiger charge is 2.38. The van der Waals surface area contributed by atoms with Crippen LogP contribution in [-0.2, 0) is 0 Å². The Balaban J connectivity index is 2.51. The molecule has 1 atom stereocenters. The van der Waals surface area contributed by atoms with Crippen LogP contribution in [0.3, 0.4) is 0 Å². The molecule has 106 valence electrons. The third-order valence-electron chi connectivity index (χ3n) is 3.99. The molecule has 1 aromatic carbocycles. The number of hydrogen-bond acceptors (Lipinski definition) is 2. The largest absolute Gasteiger partial charge is 0.389 e. The van der Waals surface area contributed by atoms with Crippen molar-refractivity contribution in [3.63, 3.8) is 0 Å². The van der Waals surface area contributed by atoms with Gasteiger partial charge in [0.1, 0.15) is 0 Å². The minimum Gasteiger partial charge on any atom is -0.389 e. The fourth-order valence-electron chi connectivity index (χ4n) is 2.91. The summed E-state index contributed by atoms with van der Waals surface area (Å²) in [5.74, 6) is -0.920. The lowest BCUT2D eigenvalue weighted by Gasteiger charge is -2.40. The average molecular weight is 266 g/mol. The van der Waals surface area contributed by atoms with E-state index in [0.29, 0.717) is 18.4 Å². The normalized spacial score (nSPS) is 25.8. The summed E-state index contributed by atoms with van der Waals surface area (Å²) in [5, 5.41) is 11.3. The number of hydrogen-bond donors (Lipinski definition) is 1. The summed E-state index contributed by atoms with van der Waals surface area (Å²) < 4.78 is 39.9. The number of likely N-dealkylation sites (N-methyl/N-ethyl adjacent to an activating group) is 1. The number of rotatable bonds is 4. The predicted molar refractivity (Wildman–Crippen MR) is 80.5 cm³/mol. The molecule has 0 bridgehead atoms. The standard InChI is InChI=1S/C17H27NO/c1-14-7-9-15(10-8-14)16(13-18(2)3)17(19)11-5-4-6-12-17/h7-10,16,19H,4-6,11-13H2,1-3H3/t16-/m1/s1/i2D3,13D2. The lowest BCUT2D eigenvalue weighted by Crippen LogP contribution is -2.42. The molecule has 0 heterocycles. The Hall–Kier alpha value is -0.860. The van der Waals surface area contributed by atoms with Crippen molar-refractivity contribution in [2.45, 2.75) is 50.5 Å². The van der Waals surface area contributed by atoms with Crippen molar-refractivity contribution in [3.8, 4) is 0 Å². The first kappa shape index (κ1) is 9.15. The Kier molecular flexibility index (Phi) is 2.92. The second-order valence-corrected chi connectivity index (χ2v) is 5.70. The van der Waals surface area contributed by atoms with Gasteiger partial charge in [-0.05, 0) is 39.4 Å². The Morgan fingerprint density at radius 3 is 2.53 bits per heavy atom. The van der Waals surface area contributed by atoms with Crippen LogP contribution in [0.1, 0.15) is 56.0 Å². The summed E-state index contributed by atoms with van der Waals surface area (Å²) in [7, 11) is 1.26. The molecule has 1 saturated carbocycles. The van der Waals surface area contributed by atoms with Crippen molar-refractivity contribution in [3.05, 3.63) is 35.4 Å². The molecule has 0 aliphatic heterocycles. The molecule has 2 heteroatoms. The molecule has 2 nitrogen and oxygen atoms in total. The zero-order chi connectivity index (χ0) is 18.2. The minimum absolute atomic E-state index is 0.486. The van der Waals surface area contributed by atoms with Crippen LogP contribution < -0.4 is 0 Å². The second-order valence-electron chi connectivity index (χ2n) is 5.70. The molecule has 1 N–H and O–H groups in total. The molecule has 0 spiro atoms. The zero-order valence-electron chi connectivity index (χ0n) is 16.8. The van der Waals surface area contributed by atoms with Crippen molar-refractivity contribution in [2.24, 2.45) is 0 Å². The molecule has 1 aliphatic carbocycles. The summed E-state index contributed by atoms with van der Waals surface area (Å²) in [6.45, 7) is -2.83. The average Bonchev–Trinajstić information content (AvgIpc) is 2.48. The fraction of sp³-hybridized carbons (Fsp3) is 0.647. The maximum Gasteiger partial charge on any atom is 0.0728 e. The van der Waals surface area contributed by atoms with Crippen molar-refractivity contribution in [1.82, 2.24) is 4.90 Å². The van der Waals surface area contributed by atoms with Gasteiger partial charge in [-0.15, -0.1) is 0 Å². The second kappa shape index (κ2) is 6.06. The highest BCUT2D eigenvalue weighted by atomic mass is 16.3. The SMILES string of the molecule is [2H]C([2H])([2H])N(C)C([2H])([2H])[C@H](c1ccc(C)cc1)C1(O)CCCCC1. The maximum atomic E-state index is 11.3. The molecular weight excluding hydrogens is 234 g/mol. The van der Waals surface area contributed by atoms with Crippen LogP contribution in [0, 0.1) is 6.92 Å². The van der Waals surface area contributed by atoms with Crippen LogP contribution in [0.15, 0.2) is 24.3 Å². The molecule has 0 amide bonds. The quantitative estimate of drug-likeness (QED) is 0.903. The number of nitrogens with zero attached hydrogens (tertiary/aromatic N) is 1. The van der Waals surface area contributed by atoms with Gasteiger partial charge in [0.15, 0.2) is 0 Å². The van der Waals surface area contributed by atoms with Crippen LogP contribution >= 0.6 is 0 Å². The lowest BCUT2D eigenvalue weighted by atomic mass is 9.72. The molecule has 0 radical (unpaired) electrons. The topological polar surface area (TPSA) is 23.5 Å². The van der Waals surface area contributed by atoms with E-state index in [0.717, 1.165) is 29.7 Å². The van der Waals surface area contributed by atoms with Crippen molar-refractivity contribution in [1.29, 1.82) is 0 Å². The number of aliphatic hydroxyl groups is 1. The molecular formula is C17H27NO. The van der Waals surface area contributed by atoms with Crippen molar-refractivity contribution in [2.75, 3.05) is 20.5 Å². The summed E-state index contributed by atoms with van der Waals surface area (Å²) in [6, 6.07) is 7.36. The van der Waals surface area contributed by atoms with E-state index in [1.165, 1.54) is 7.05 Å². The lowest BCUT2D eigenvalue weighted by molar-refractivity contribution is -0.0277. The minimum atomic E-state index is -2.57. The highest BCUT2D eigenvalue weighted by Crippen LogP contribution is 2.40. The van der Waals surface area contributed by atoms with Gasteiger partial charge in [0, 0.05) is 19.3 Å². The van der Waals surface area contributed by atoms with E-state index >= 15 is 0 Å². The third kappa shape index (κ3) is 3.58. The van der Waals surface area contributed by atoms with E-state index in [4.69, 9.17) is 6.85 Å². The van der Waals surface area contributed by atoms with Gasteiger partial charge in [-0.3, -0.25) is 0 Å². The van der Waals surface area contributed by atoms with Gasteiger partial charge in [-0.1, -0.05) is 49.1 Å². The van der Waals surface area contributed by atoms with Crippen LogP contribution in [-0.4, -0.2) is 36.1 Å². The van der Waals surface area contributed by atoms with Crippen LogP contribution in [0.4, 0.5) is 0 Å². The molecule has 1 fully saturated rings. The van der Waals surface area contributed by atoms with Crippen LogP contribution in [0.2, 0.25) is 0 Å². The first-order valence-electron chi connectivity index (χ1n) is 9.51. The predicted octanol–water partition coefficient (Wildman–Crippen LogP) is 3.34. The molecule has 1 aromatic rings. The van der Waals surface area contributed by atoms with E-state index in [1.807, 2.05) is 19.1 Å². The summed E-state index contributed by atoms with van der Waals surface area (Å²) >= 11 is 0. The van der Waals surface area contributed by atoms with E-state index in [9.17, 15) is 5.11 Å². The van der Waals surface area contributed by atoms with Crippen LogP contribution in [0.25, 0.3) is 0 Å². The number of aryl methyl sites for hydroxylation is 1. The van der Waals surface area contributed by atoms with Gasteiger partial charge in [0.05, 0.1) is 5.60 Å². The van der Waals surface area contributed by atoms with Gasteiger partial charge < -0.3 is 10.0 Å². The van der Waals surface area contributed by atoms with E-state index in [1.54, 1.807) is 12.1 Å². The fourth-order valence-corrected chi connectivity index (χ4v) is 2.91.